The summed E-state index contributed by atoms with van der Waals surface area (Å²) in [4.78, 5) is 0. The van der Waals surface area contributed by atoms with Crippen LogP contribution in [0.15, 0.2) is 0 Å². The minimum absolute atomic E-state index is 0. The van der Waals surface area contributed by atoms with Crippen LogP contribution in [-0.2, 0) is 21.1 Å². The molecule has 2 aliphatic heterocycles. The fraction of sp³-hybridized carbons (Fsp3) is 1.00. The number of piperidine rings is 2. The summed E-state index contributed by atoms with van der Waals surface area (Å²) in [6.07, 6.45) is 8.43. The number of hydrogen-bond acceptors (Lipinski definition) is 2. The molecule has 13 heavy (non-hydrogen) atoms. The van der Waals surface area contributed by atoms with Crippen molar-refractivity contribution in [2.75, 3.05) is 26.2 Å². The third-order valence-corrected chi connectivity index (χ3v) is 2.41. The predicted molar refractivity (Wildman–Crippen MR) is 53.4 cm³/mol. The maximum Gasteiger partial charge on any atom is 0 e. The van der Waals surface area contributed by atoms with E-state index in [2.05, 4.69) is 10.6 Å². The molecule has 0 unspecified atom stereocenters. The Hall–Kier alpha value is 0.608. The molecule has 0 atom stereocenters. The van der Waals surface area contributed by atoms with Crippen molar-refractivity contribution in [3.05, 3.63) is 0 Å². The maximum atomic E-state index is 3.28. The second-order valence-electron chi connectivity index (χ2n) is 3.62. The first-order valence-electron chi connectivity index (χ1n) is 5.41. The molecule has 0 radical (unpaired) electrons. The Morgan fingerprint density at radius 1 is 0.462 bits per heavy atom. The van der Waals surface area contributed by atoms with E-state index in [4.69, 9.17) is 0 Å². The van der Waals surface area contributed by atoms with Crippen molar-refractivity contribution in [3.63, 3.8) is 0 Å². The summed E-state index contributed by atoms with van der Waals surface area (Å²) in [7, 11) is 0. The quantitative estimate of drug-likeness (QED) is 0.680. The van der Waals surface area contributed by atoms with Gasteiger partial charge in [0.2, 0.25) is 0 Å². The Morgan fingerprint density at radius 3 is 0.846 bits per heavy atom. The Balaban J connectivity index is 0.000000206. The van der Waals surface area contributed by atoms with Gasteiger partial charge in [0.05, 0.1) is 0 Å². The van der Waals surface area contributed by atoms with Gasteiger partial charge in [0.15, 0.2) is 0 Å². The number of hydrogen-bond donors (Lipinski definition) is 2. The van der Waals surface area contributed by atoms with E-state index in [-0.39, 0.29) is 21.1 Å². The zero-order valence-corrected chi connectivity index (χ0v) is 10.7. The van der Waals surface area contributed by atoms with Gasteiger partial charge in [0.25, 0.3) is 0 Å². The van der Waals surface area contributed by atoms with Crippen LogP contribution in [-0.4, -0.2) is 26.2 Å². The Morgan fingerprint density at radius 2 is 0.769 bits per heavy atom. The fourth-order valence-electron chi connectivity index (χ4n) is 1.60. The van der Waals surface area contributed by atoms with Crippen molar-refractivity contribution in [3.8, 4) is 0 Å². The van der Waals surface area contributed by atoms with Gasteiger partial charge in [0, 0.05) is 21.1 Å². The van der Waals surface area contributed by atoms with Crippen molar-refractivity contribution in [2.24, 2.45) is 0 Å². The molecule has 2 N–H and O–H groups in total. The SMILES string of the molecule is C1CCNCC1.C1CCNCC1.[Pt]. The number of nitrogens with one attached hydrogen (secondary N) is 2. The molecule has 0 aromatic carbocycles. The summed E-state index contributed by atoms with van der Waals surface area (Å²) >= 11 is 0. The second-order valence-corrected chi connectivity index (χ2v) is 3.62. The smallest absolute Gasteiger partial charge is 0 e. The van der Waals surface area contributed by atoms with E-state index in [0.29, 0.717) is 0 Å². The van der Waals surface area contributed by atoms with E-state index in [0.717, 1.165) is 0 Å². The molecule has 2 fully saturated rings. The second kappa shape index (κ2) is 10.7. The van der Waals surface area contributed by atoms with Gasteiger partial charge in [-0.1, -0.05) is 12.8 Å². The van der Waals surface area contributed by atoms with Gasteiger partial charge in [-0.2, -0.15) is 0 Å². The molecule has 0 aromatic rings. The van der Waals surface area contributed by atoms with Crippen LogP contribution < -0.4 is 10.6 Å². The van der Waals surface area contributed by atoms with E-state index >= 15 is 0 Å². The van der Waals surface area contributed by atoms with E-state index in [9.17, 15) is 0 Å². The van der Waals surface area contributed by atoms with Gasteiger partial charge in [-0.15, -0.1) is 0 Å². The van der Waals surface area contributed by atoms with Crippen LogP contribution in [0.5, 0.6) is 0 Å². The van der Waals surface area contributed by atoms with Crippen molar-refractivity contribution in [2.45, 2.75) is 38.5 Å². The standard InChI is InChI=1S/2C5H11N.Pt/c2*1-2-4-6-5-3-1;/h2*6H,1-5H2;. The normalized spacial score (nSPS) is 22.2. The van der Waals surface area contributed by atoms with Crippen LogP contribution in [0.4, 0.5) is 0 Å². The van der Waals surface area contributed by atoms with Gasteiger partial charge in [0.1, 0.15) is 0 Å². The first-order chi connectivity index (χ1) is 6.00. The average Bonchev–Trinajstić information content (AvgIpc) is 2.24. The minimum Gasteiger partial charge on any atom is -0.317 e. The summed E-state index contributed by atoms with van der Waals surface area (Å²) in [6.45, 7) is 5.00. The van der Waals surface area contributed by atoms with Crippen LogP contribution in [0.25, 0.3) is 0 Å². The monoisotopic (exact) mass is 365 g/mol. The predicted octanol–water partition coefficient (Wildman–Crippen LogP) is 1.52. The molecule has 0 aliphatic carbocycles. The minimum atomic E-state index is 0. The van der Waals surface area contributed by atoms with Crippen molar-refractivity contribution >= 4 is 0 Å². The van der Waals surface area contributed by atoms with Crippen LogP contribution >= 0.6 is 0 Å². The molecule has 2 aliphatic rings. The van der Waals surface area contributed by atoms with Gasteiger partial charge >= 0.3 is 0 Å². The molecule has 0 saturated carbocycles. The first kappa shape index (κ1) is 13.6. The van der Waals surface area contributed by atoms with Crippen molar-refractivity contribution < 1.29 is 21.1 Å². The van der Waals surface area contributed by atoms with Crippen LogP contribution in [0, 0.1) is 0 Å². The first-order valence-corrected chi connectivity index (χ1v) is 5.41. The van der Waals surface area contributed by atoms with Crippen molar-refractivity contribution in [1.29, 1.82) is 0 Å². The van der Waals surface area contributed by atoms with E-state index < -0.39 is 0 Å². The van der Waals surface area contributed by atoms with Crippen LogP contribution in [0.1, 0.15) is 38.5 Å². The Bertz CT molecular complexity index is 55.9. The van der Waals surface area contributed by atoms with Gasteiger partial charge < -0.3 is 10.6 Å². The molecule has 82 valence electrons. The van der Waals surface area contributed by atoms with Gasteiger partial charge in [-0.05, 0) is 51.9 Å². The largest absolute Gasteiger partial charge is 0.317 e. The molecular formula is C10H22N2Pt. The molecule has 2 heterocycles. The summed E-state index contributed by atoms with van der Waals surface area (Å²) in [6, 6.07) is 0. The molecule has 0 amide bonds. The van der Waals surface area contributed by atoms with E-state index in [1.165, 1.54) is 64.7 Å². The van der Waals surface area contributed by atoms with Gasteiger partial charge in [-0.3, -0.25) is 0 Å². The molecular weight excluding hydrogens is 343 g/mol. The van der Waals surface area contributed by atoms with E-state index in [1.54, 1.807) is 0 Å². The third kappa shape index (κ3) is 8.93. The van der Waals surface area contributed by atoms with Gasteiger partial charge in [-0.25, -0.2) is 0 Å². The average molecular weight is 365 g/mol. The molecule has 3 heteroatoms. The van der Waals surface area contributed by atoms with Crippen LogP contribution in [0.2, 0.25) is 0 Å². The summed E-state index contributed by atoms with van der Waals surface area (Å²) in [5.74, 6) is 0. The number of rotatable bonds is 0. The molecule has 2 nitrogen and oxygen atoms in total. The maximum absolute atomic E-state index is 3.28. The van der Waals surface area contributed by atoms with Crippen LogP contribution in [0.3, 0.4) is 0 Å². The Kier molecular flexibility index (Phi) is 11.2. The molecule has 0 aromatic heterocycles. The van der Waals surface area contributed by atoms with Crippen molar-refractivity contribution in [1.82, 2.24) is 10.6 Å². The fourth-order valence-corrected chi connectivity index (χ4v) is 1.60. The zero-order chi connectivity index (χ0) is 8.49. The molecule has 2 saturated heterocycles. The third-order valence-electron chi connectivity index (χ3n) is 2.41. The summed E-state index contributed by atoms with van der Waals surface area (Å²) in [5, 5.41) is 6.57. The molecule has 0 bridgehead atoms. The summed E-state index contributed by atoms with van der Waals surface area (Å²) < 4.78 is 0. The topological polar surface area (TPSA) is 24.1 Å². The zero-order valence-electron chi connectivity index (χ0n) is 8.39. The summed E-state index contributed by atoms with van der Waals surface area (Å²) in [5.41, 5.74) is 0. The van der Waals surface area contributed by atoms with E-state index in [1.807, 2.05) is 0 Å². The molecule has 0 spiro atoms. The Labute approximate surface area is 96.5 Å². The molecule has 2 rings (SSSR count).